The molecule has 5 heteroatoms. The van der Waals surface area contributed by atoms with Crippen LogP contribution in [0.25, 0.3) is 0 Å². The van der Waals surface area contributed by atoms with E-state index in [1.807, 2.05) is 18.2 Å². The Morgan fingerprint density at radius 3 is 2.85 bits per heavy atom. The number of nitrogens with zero attached hydrogens (tertiary/aromatic N) is 1. The SMILES string of the molecule is CC(C)C1CCN(Cc2ccc(C(=O)NN)cc2Br)C1. The van der Waals surface area contributed by atoms with Crippen molar-refractivity contribution < 1.29 is 4.79 Å². The molecule has 0 radical (unpaired) electrons. The van der Waals surface area contributed by atoms with Gasteiger partial charge in [0.1, 0.15) is 0 Å². The fraction of sp³-hybridized carbons (Fsp3) is 0.533. The number of hydrogen-bond acceptors (Lipinski definition) is 3. The monoisotopic (exact) mass is 339 g/mol. The fourth-order valence-corrected chi connectivity index (χ4v) is 3.20. The van der Waals surface area contributed by atoms with Crippen LogP contribution in [0.15, 0.2) is 22.7 Å². The molecule has 110 valence electrons. The van der Waals surface area contributed by atoms with E-state index in [1.165, 1.54) is 12.0 Å². The summed E-state index contributed by atoms with van der Waals surface area (Å²) in [6.07, 6.45) is 1.28. The van der Waals surface area contributed by atoms with Crippen LogP contribution in [0.5, 0.6) is 0 Å². The second-order valence-electron chi connectivity index (χ2n) is 5.81. The maximum absolute atomic E-state index is 11.5. The molecule has 1 heterocycles. The highest BCUT2D eigenvalue weighted by molar-refractivity contribution is 9.10. The Bertz CT molecular complexity index is 490. The van der Waals surface area contributed by atoms with E-state index in [-0.39, 0.29) is 5.91 Å². The summed E-state index contributed by atoms with van der Waals surface area (Å²) in [5.41, 5.74) is 3.93. The highest BCUT2D eigenvalue weighted by atomic mass is 79.9. The summed E-state index contributed by atoms with van der Waals surface area (Å²) >= 11 is 3.55. The minimum absolute atomic E-state index is 0.265. The van der Waals surface area contributed by atoms with Crippen LogP contribution in [-0.2, 0) is 6.54 Å². The third kappa shape index (κ3) is 3.59. The van der Waals surface area contributed by atoms with Crippen molar-refractivity contribution >= 4 is 21.8 Å². The molecule has 1 atom stereocenters. The number of halogens is 1. The van der Waals surface area contributed by atoms with Crippen molar-refractivity contribution in [3.05, 3.63) is 33.8 Å². The molecule has 20 heavy (non-hydrogen) atoms. The molecule has 0 bridgehead atoms. The molecule has 0 saturated carbocycles. The van der Waals surface area contributed by atoms with E-state index in [2.05, 4.69) is 40.1 Å². The lowest BCUT2D eigenvalue weighted by Crippen LogP contribution is -2.30. The van der Waals surface area contributed by atoms with Gasteiger partial charge in [0.25, 0.3) is 5.91 Å². The van der Waals surface area contributed by atoms with E-state index >= 15 is 0 Å². The molecule has 0 aliphatic carbocycles. The number of amides is 1. The molecule has 1 amide bonds. The van der Waals surface area contributed by atoms with Crippen molar-refractivity contribution in [2.75, 3.05) is 13.1 Å². The van der Waals surface area contributed by atoms with Gasteiger partial charge < -0.3 is 0 Å². The average molecular weight is 340 g/mol. The Labute approximate surface area is 128 Å². The van der Waals surface area contributed by atoms with Gasteiger partial charge in [0.05, 0.1) is 0 Å². The number of rotatable bonds is 4. The van der Waals surface area contributed by atoms with Gasteiger partial charge in [-0.2, -0.15) is 0 Å². The first-order valence-corrected chi connectivity index (χ1v) is 7.82. The third-order valence-corrected chi connectivity index (χ3v) is 4.83. The number of hydrogen-bond donors (Lipinski definition) is 2. The number of nitrogens with two attached hydrogens (primary N) is 1. The Kier molecular flexibility index (Phi) is 5.18. The molecule has 4 nitrogen and oxygen atoms in total. The number of nitrogens with one attached hydrogen (secondary N) is 1. The minimum atomic E-state index is -0.265. The summed E-state index contributed by atoms with van der Waals surface area (Å²) in [5, 5.41) is 0. The number of carbonyl (C=O) groups excluding carboxylic acids is 1. The summed E-state index contributed by atoms with van der Waals surface area (Å²) in [6, 6.07) is 5.64. The standard InChI is InChI=1S/C15H22BrN3O/c1-10(2)12-5-6-19(8-12)9-13-4-3-11(7-14(13)16)15(20)18-17/h3-4,7,10,12H,5-6,8-9,17H2,1-2H3,(H,18,20). The summed E-state index contributed by atoms with van der Waals surface area (Å²) in [5.74, 6) is 6.43. The van der Waals surface area contributed by atoms with Crippen molar-refractivity contribution in [2.45, 2.75) is 26.8 Å². The van der Waals surface area contributed by atoms with E-state index in [0.717, 1.165) is 35.9 Å². The third-order valence-electron chi connectivity index (χ3n) is 4.09. The average Bonchev–Trinajstić information content (AvgIpc) is 2.89. The van der Waals surface area contributed by atoms with E-state index in [4.69, 9.17) is 5.84 Å². The highest BCUT2D eigenvalue weighted by Crippen LogP contribution is 2.27. The molecular formula is C15H22BrN3O. The first kappa shape index (κ1) is 15.5. The predicted molar refractivity (Wildman–Crippen MR) is 84.0 cm³/mol. The van der Waals surface area contributed by atoms with Crippen molar-refractivity contribution in [2.24, 2.45) is 17.7 Å². The predicted octanol–water partition coefficient (Wildman–Crippen LogP) is 2.53. The minimum Gasteiger partial charge on any atom is -0.299 e. The van der Waals surface area contributed by atoms with Gasteiger partial charge in [0.15, 0.2) is 0 Å². The van der Waals surface area contributed by atoms with Crippen molar-refractivity contribution in [1.29, 1.82) is 0 Å². The molecule has 1 aliphatic heterocycles. The number of hydrazine groups is 1. The molecule has 1 aromatic rings. The van der Waals surface area contributed by atoms with Gasteiger partial charge in [0.2, 0.25) is 0 Å². The zero-order chi connectivity index (χ0) is 14.7. The molecule has 0 aromatic heterocycles. The molecule has 1 saturated heterocycles. The Hall–Kier alpha value is -0.910. The molecule has 0 spiro atoms. The number of carbonyl (C=O) groups is 1. The normalized spacial score (nSPS) is 19.6. The second-order valence-corrected chi connectivity index (χ2v) is 6.66. The summed E-state index contributed by atoms with van der Waals surface area (Å²) in [7, 11) is 0. The van der Waals surface area contributed by atoms with Crippen LogP contribution in [0.3, 0.4) is 0 Å². The zero-order valence-corrected chi connectivity index (χ0v) is 13.6. The molecule has 1 aromatic carbocycles. The van der Waals surface area contributed by atoms with Crippen molar-refractivity contribution in [1.82, 2.24) is 10.3 Å². The van der Waals surface area contributed by atoms with E-state index in [1.54, 1.807) is 0 Å². The van der Waals surface area contributed by atoms with E-state index < -0.39 is 0 Å². The fourth-order valence-electron chi connectivity index (χ4n) is 2.69. The van der Waals surface area contributed by atoms with Crippen LogP contribution in [0.2, 0.25) is 0 Å². The van der Waals surface area contributed by atoms with E-state index in [0.29, 0.717) is 5.56 Å². The van der Waals surface area contributed by atoms with Crippen LogP contribution >= 0.6 is 15.9 Å². The van der Waals surface area contributed by atoms with Gasteiger partial charge >= 0.3 is 0 Å². The second kappa shape index (κ2) is 6.70. The summed E-state index contributed by atoms with van der Waals surface area (Å²) < 4.78 is 0.964. The molecule has 1 fully saturated rings. The zero-order valence-electron chi connectivity index (χ0n) is 12.0. The smallest absolute Gasteiger partial charge is 0.265 e. The highest BCUT2D eigenvalue weighted by Gasteiger charge is 2.25. The largest absolute Gasteiger partial charge is 0.299 e. The van der Waals surface area contributed by atoms with Crippen LogP contribution < -0.4 is 11.3 Å². The maximum atomic E-state index is 11.5. The van der Waals surface area contributed by atoms with Crippen LogP contribution in [0, 0.1) is 11.8 Å². The van der Waals surface area contributed by atoms with Crippen LogP contribution in [0.4, 0.5) is 0 Å². The topological polar surface area (TPSA) is 58.4 Å². The first-order chi connectivity index (χ1) is 9.51. The lowest BCUT2D eigenvalue weighted by molar-refractivity contribution is 0.0953. The van der Waals surface area contributed by atoms with Crippen molar-refractivity contribution in [3.63, 3.8) is 0 Å². The number of benzene rings is 1. The lowest BCUT2D eigenvalue weighted by atomic mass is 9.95. The van der Waals surface area contributed by atoms with E-state index in [9.17, 15) is 4.79 Å². The van der Waals surface area contributed by atoms with Gasteiger partial charge in [-0.1, -0.05) is 35.8 Å². The number of nitrogen functional groups attached to an aromatic ring is 1. The Morgan fingerprint density at radius 2 is 2.30 bits per heavy atom. The lowest BCUT2D eigenvalue weighted by Gasteiger charge is -2.18. The molecule has 2 rings (SSSR count). The molecule has 3 N–H and O–H groups in total. The molecular weight excluding hydrogens is 318 g/mol. The van der Waals surface area contributed by atoms with Gasteiger partial charge in [-0.25, -0.2) is 5.84 Å². The Balaban J connectivity index is 2.02. The van der Waals surface area contributed by atoms with Gasteiger partial charge in [0, 0.05) is 23.1 Å². The van der Waals surface area contributed by atoms with Crippen LogP contribution in [0.1, 0.15) is 36.2 Å². The Morgan fingerprint density at radius 1 is 1.55 bits per heavy atom. The molecule has 1 unspecified atom stereocenters. The summed E-state index contributed by atoms with van der Waals surface area (Å²) in [4.78, 5) is 14.0. The van der Waals surface area contributed by atoms with Gasteiger partial charge in [-0.15, -0.1) is 0 Å². The van der Waals surface area contributed by atoms with Gasteiger partial charge in [-0.3, -0.25) is 15.1 Å². The summed E-state index contributed by atoms with van der Waals surface area (Å²) in [6.45, 7) is 7.83. The van der Waals surface area contributed by atoms with Gasteiger partial charge in [-0.05, 0) is 42.5 Å². The first-order valence-electron chi connectivity index (χ1n) is 7.03. The maximum Gasteiger partial charge on any atom is 0.265 e. The quantitative estimate of drug-likeness (QED) is 0.503. The van der Waals surface area contributed by atoms with Crippen molar-refractivity contribution in [3.8, 4) is 0 Å². The van der Waals surface area contributed by atoms with Crippen LogP contribution in [-0.4, -0.2) is 23.9 Å². The number of likely N-dealkylation sites (tertiary alicyclic amines) is 1. The molecule has 1 aliphatic rings.